The second-order valence-electron chi connectivity index (χ2n) is 6.50. The fourth-order valence-electron chi connectivity index (χ4n) is 4.08. The SMILES string of the molecule is CC1C(C(=O)O)c2ccccc2C(=O)N1C1CCCCCC1. The molecule has 3 rings (SSSR count). The maximum Gasteiger partial charge on any atom is 0.313 e. The third kappa shape index (κ3) is 2.51. The van der Waals surface area contributed by atoms with Crippen LogP contribution in [-0.2, 0) is 4.79 Å². The molecule has 4 nitrogen and oxygen atoms in total. The number of benzene rings is 1. The summed E-state index contributed by atoms with van der Waals surface area (Å²) in [6.07, 6.45) is 6.66. The van der Waals surface area contributed by atoms with Gasteiger partial charge in [-0.15, -0.1) is 0 Å². The van der Waals surface area contributed by atoms with E-state index in [1.165, 1.54) is 12.8 Å². The van der Waals surface area contributed by atoms with Crippen molar-refractivity contribution in [2.24, 2.45) is 0 Å². The lowest BCUT2D eigenvalue weighted by atomic mass is 9.82. The first-order valence-corrected chi connectivity index (χ1v) is 8.25. The summed E-state index contributed by atoms with van der Waals surface area (Å²) in [7, 11) is 0. The first-order chi connectivity index (χ1) is 10.6. The molecule has 4 heteroatoms. The highest BCUT2D eigenvalue weighted by Crippen LogP contribution is 2.37. The number of hydrogen-bond acceptors (Lipinski definition) is 2. The molecule has 1 aromatic rings. The molecule has 0 bridgehead atoms. The van der Waals surface area contributed by atoms with E-state index in [0.29, 0.717) is 11.1 Å². The summed E-state index contributed by atoms with van der Waals surface area (Å²) in [6, 6.07) is 7.08. The molecule has 118 valence electrons. The van der Waals surface area contributed by atoms with Crippen LogP contribution in [0.3, 0.4) is 0 Å². The van der Waals surface area contributed by atoms with E-state index in [4.69, 9.17) is 0 Å². The van der Waals surface area contributed by atoms with Crippen LogP contribution in [0.15, 0.2) is 24.3 Å². The van der Waals surface area contributed by atoms with Gasteiger partial charge in [-0.25, -0.2) is 0 Å². The van der Waals surface area contributed by atoms with Gasteiger partial charge in [0.2, 0.25) is 0 Å². The molecule has 0 spiro atoms. The zero-order valence-corrected chi connectivity index (χ0v) is 13.0. The highest BCUT2D eigenvalue weighted by atomic mass is 16.4. The Balaban J connectivity index is 2.01. The molecule has 0 aromatic heterocycles. The number of carboxylic acid groups (broad SMARTS) is 1. The number of carbonyl (C=O) groups excluding carboxylic acids is 1. The molecule has 0 saturated heterocycles. The zero-order chi connectivity index (χ0) is 15.7. The minimum atomic E-state index is -0.842. The van der Waals surface area contributed by atoms with Crippen LogP contribution in [0.5, 0.6) is 0 Å². The number of carboxylic acids is 1. The predicted octanol–water partition coefficient (Wildman–Crippen LogP) is 3.42. The van der Waals surface area contributed by atoms with E-state index in [-0.39, 0.29) is 18.0 Å². The van der Waals surface area contributed by atoms with Crippen LogP contribution in [-0.4, -0.2) is 34.0 Å². The lowest BCUT2D eigenvalue weighted by molar-refractivity contribution is -0.140. The van der Waals surface area contributed by atoms with Crippen LogP contribution in [0.25, 0.3) is 0 Å². The van der Waals surface area contributed by atoms with Crippen molar-refractivity contribution in [3.63, 3.8) is 0 Å². The average Bonchev–Trinajstić information content (AvgIpc) is 2.76. The van der Waals surface area contributed by atoms with Crippen molar-refractivity contribution >= 4 is 11.9 Å². The fraction of sp³-hybridized carbons (Fsp3) is 0.556. The van der Waals surface area contributed by atoms with Gasteiger partial charge >= 0.3 is 5.97 Å². The first-order valence-electron chi connectivity index (χ1n) is 8.25. The van der Waals surface area contributed by atoms with E-state index in [0.717, 1.165) is 25.7 Å². The number of amides is 1. The van der Waals surface area contributed by atoms with Crippen molar-refractivity contribution in [2.75, 3.05) is 0 Å². The molecule has 2 unspecified atom stereocenters. The van der Waals surface area contributed by atoms with Gasteiger partial charge in [0, 0.05) is 17.6 Å². The summed E-state index contributed by atoms with van der Waals surface area (Å²) < 4.78 is 0. The van der Waals surface area contributed by atoms with Crippen LogP contribution in [0, 0.1) is 0 Å². The molecule has 1 amide bonds. The molecule has 2 atom stereocenters. The molecule has 1 aliphatic heterocycles. The van der Waals surface area contributed by atoms with E-state index >= 15 is 0 Å². The van der Waals surface area contributed by atoms with Crippen LogP contribution in [0.4, 0.5) is 0 Å². The van der Waals surface area contributed by atoms with Crippen molar-refractivity contribution in [1.82, 2.24) is 4.90 Å². The van der Waals surface area contributed by atoms with Crippen LogP contribution in [0.1, 0.15) is 67.3 Å². The molecular formula is C18H23NO3. The van der Waals surface area contributed by atoms with Gasteiger partial charge in [-0.05, 0) is 31.4 Å². The Hall–Kier alpha value is -1.84. The molecular weight excluding hydrogens is 278 g/mol. The maximum atomic E-state index is 12.9. The van der Waals surface area contributed by atoms with Crippen LogP contribution in [0.2, 0.25) is 0 Å². The average molecular weight is 301 g/mol. The second-order valence-corrected chi connectivity index (χ2v) is 6.50. The lowest BCUT2D eigenvalue weighted by Crippen LogP contribution is -2.53. The lowest BCUT2D eigenvalue weighted by Gasteiger charge is -2.43. The standard InChI is InChI=1S/C18H23NO3/c1-12-16(18(21)22)14-10-6-7-11-15(14)17(20)19(12)13-8-4-2-3-5-9-13/h6-7,10-13,16H,2-5,8-9H2,1H3,(H,21,22). The summed E-state index contributed by atoms with van der Waals surface area (Å²) in [5, 5.41) is 9.68. The normalized spacial score (nSPS) is 26.4. The molecule has 1 N–H and O–H groups in total. The fourth-order valence-corrected chi connectivity index (χ4v) is 4.08. The molecule has 0 radical (unpaired) electrons. The van der Waals surface area contributed by atoms with E-state index in [9.17, 15) is 14.7 Å². The third-order valence-electron chi connectivity index (χ3n) is 5.17. The molecule has 1 fully saturated rings. The van der Waals surface area contributed by atoms with Crippen LogP contribution >= 0.6 is 0 Å². The Morgan fingerprint density at radius 3 is 2.41 bits per heavy atom. The number of rotatable bonds is 2. The largest absolute Gasteiger partial charge is 0.481 e. The Labute approximate surface area is 131 Å². The highest BCUT2D eigenvalue weighted by molar-refractivity contribution is 6.00. The van der Waals surface area contributed by atoms with Gasteiger partial charge in [0.25, 0.3) is 5.91 Å². The third-order valence-corrected chi connectivity index (χ3v) is 5.17. The van der Waals surface area contributed by atoms with E-state index in [1.807, 2.05) is 24.0 Å². The van der Waals surface area contributed by atoms with Crippen molar-refractivity contribution in [1.29, 1.82) is 0 Å². The van der Waals surface area contributed by atoms with Gasteiger partial charge < -0.3 is 10.0 Å². The van der Waals surface area contributed by atoms with Crippen molar-refractivity contribution in [2.45, 2.75) is 63.5 Å². The molecule has 22 heavy (non-hydrogen) atoms. The Bertz CT molecular complexity index is 575. The number of fused-ring (bicyclic) bond motifs is 1. The van der Waals surface area contributed by atoms with Gasteiger partial charge in [0.05, 0.1) is 0 Å². The predicted molar refractivity (Wildman–Crippen MR) is 83.9 cm³/mol. The summed E-state index contributed by atoms with van der Waals surface area (Å²) in [5.74, 6) is -1.46. The Kier molecular flexibility index (Phi) is 4.19. The van der Waals surface area contributed by atoms with Crippen molar-refractivity contribution < 1.29 is 14.7 Å². The van der Waals surface area contributed by atoms with Crippen molar-refractivity contribution in [3.8, 4) is 0 Å². The summed E-state index contributed by atoms with van der Waals surface area (Å²) in [6.45, 7) is 1.89. The van der Waals surface area contributed by atoms with Gasteiger partial charge in [-0.2, -0.15) is 0 Å². The van der Waals surface area contributed by atoms with Crippen molar-refractivity contribution in [3.05, 3.63) is 35.4 Å². The highest BCUT2D eigenvalue weighted by Gasteiger charge is 2.43. The second kappa shape index (κ2) is 6.11. The van der Waals surface area contributed by atoms with Gasteiger partial charge in [-0.1, -0.05) is 43.9 Å². The van der Waals surface area contributed by atoms with E-state index in [1.54, 1.807) is 12.1 Å². The molecule has 1 aliphatic carbocycles. The molecule has 1 heterocycles. The van der Waals surface area contributed by atoms with Gasteiger partial charge in [0.15, 0.2) is 0 Å². The topological polar surface area (TPSA) is 57.6 Å². The first kappa shape index (κ1) is 15.1. The Morgan fingerprint density at radius 1 is 1.14 bits per heavy atom. The summed E-state index contributed by atoms with van der Waals surface area (Å²) in [4.78, 5) is 26.6. The molecule has 1 aromatic carbocycles. The summed E-state index contributed by atoms with van der Waals surface area (Å²) >= 11 is 0. The van der Waals surface area contributed by atoms with E-state index in [2.05, 4.69) is 0 Å². The number of nitrogens with zero attached hydrogens (tertiary/aromatic N) is 1. The Morgan fingerprint density at radius 2 is 1.77 bits per heavy atom. The minimum absolute atomic E-state index is 0.00694. The zero-order valence-electron chi connectivity index (χ0n) is 13.0. The van der Waals surface area contributed by atoms with Gasteiger partial charge in [-0.3, -0.25) is 9.59 Å². The quantitative estimate of drug-likeness (QED) is 0.851. The molecule has 2 aliphatic rings. The number of aliphatic carboxylic acids is 1. The number of carbonyl (C=O) groups is 2. The smallest absolute Gasteiger partial charge is 0.313 e. The number of hydrogen-bond donors (Lipinski definition) is 1. The summed E-state index contributed by atoms with van der Waals surface area (Å²) in [5.41, 5.74) is 1.23. The maximum absolute atomic E-state index is 12.9. The molecule has 1 saturated carbocycles. The van der Waals surface area contributed by atoms with E-state index < -0.39 is 11.9 Å². The van der Waals surface area contributed by atoms with Crippen LogP contribution < -0.4 is 0 Å². The van der Waals surface area contributed by atoms with Gasteiger partial charge in [0.1, 0.15) is 5.92 Å². The monoisotopic (exact) mass is 301 g/mol. The minimum Gasteiger partial charge on any atom is -0.481 e.